The van der Waals surface area contributed by atoms with Gasteiger partial charge in [0.15, 0.2) is 0 Å². The molecule has 1 rings (SSSR count). The van der Waals surface area contributed by atoms with Crippen LogP contribution >= 0.6 is 0 Å². The molecule has 0 radical (unpaired) electrons. The van der Waals surface area contributed by atoms with Crippen LogP contribution in [0.4, 0.5) is 4.79 Å². The Morgan fingerprint density at radius 2 is 1.38 bits per heavy atom. The molecule has 32 heavy (non-hydrogen) atoms. The molecule has 0 bridgehead atoms. The van der Waals surface area contributed by atoms with Crippen LogP contribution in [-0.2, 0) is 33.4 Å². The third-order valence-corrected chi connectivity index (χ3v) is 3.60. The van der Waals surface area contributed by atoms with Gasteiger partial charge in [-0.25, -0.2) is 9.59 Å². The summed E-state index contributed by atoms with van der Waals surface area (Å²) in [6.07, 6.45) is -0.166. The Morgan fingerprint density at radius 1 is 0.875 bits per heavy atom. The van der Waals surface area contributed by atoms with Gasteiger partial charge >= 0.3 is 18.0 Å². The number of amides is 3. The van der Waals surface area contributed by atoms with Gasteiger partial charge in [-0.3, -0.25) is 19.3 Å². The first kappa shape index (κ1) is 27.1. The molecule has 1 atom stereocenters. The van der Waals surface area contributed by atoms with E-state index in [4.69, 9.17) is 14.2 Å². The maximum absolute atomic E-state index is 12.7. The lowest BCUT2D eigenvalue weighted by atomic mass is 10.1. The molecule has 180 valence electrons. The highest BCUT2D eigenvalue weighted by Gasteiger charge is 2.37. The van der Waals surface area contributed by atoms with Gasteiger partial charge in [0.25, 0.3) is 11.8 Å². The Hall–Kier alpha value is -2.91. The average molecular weight is 455 g/mol. The van der Waals surface area contributed by atoms with E-state index in [1.54, 1.807) is 62.3 Å². The zero-order valence-corrected chi connectivity index (χ0v) is 20.3. The molecule has 1 N–H and O–H groups in total. The molecule has 10 heteroatoms. The molecule has 3 amide bonds. The minimum Gasteiger partial charge on any atom is -0.459 e. The van der Waals surface area contributed by atoms with Gasteiger partial charge in [0.2, 0.25) is 0 Å². The predicted octanol–water partition coefficient (Wildman–Crippen LogP) is 2.25. The maximum Gasteiger partial charge on any atom is 0.408 e. The van der Waals surface area contributed by atoms with Gasteiger partial charge in [-0.15, -0.1) is 0 Å². The van der Waals surface area contributed by atoms with Crippen molar-refractivity contribution >= 4 is 29.8 Å². The van der Waals surface area contributed by atoms with Crippen LogP contribution < -0.4 is 5.32 Å². The monoisotopic (exact) mass is 454 g/mol. The van der Waals surface area contributed by atoms with E-state index in [-0.39, 0.29) is 12.0 Å². The summed E-state index contributed by atoms with van der Waals surface area (Å²) in [4.78, 5) is 62.6. The van der Waals surface area contributed by atoms with Gasteiger partial charge in [0.1, 0.15) is 29.4 Å². The van der Waals surface area contributed by atoms with E-state index in [1.165, 1.54) is 0 Å². The quantitative estimate of drug-likeness (QED) is 0.368. The minimum atomic E-state index is -1.28. The van der Waals surface area contributed by atoms with E-state index >= 15 is 0 Å². The number of alkyl carbamates (subject to hydrolysis) is 1. The fourth-order valence-electron chi connectivity index (χ4n) is 2.60. The summed E-state index contributed by atoms with van der Waals surface area (Å²) in [5.74, 6) is -3.00. The molecule has 0 fully saturated rings. The summed E-state index contributed by atoms with van der Waals surface area (Å²) in [6.45, 7) is 14.4. The second-order valence-corrected chi connectivity index (χ2v) is 10.4. The molecule has 0 aliphatic carbocycles. The highest BCUT2D eigenvalue weighted by molar-refractivity contribution is 6.17. The number of ether oxygens (including phenoxy) is 3. The first-order valence-corrected chi connectivity index (χ1v) is 10.3. The van der Waals surface area contributed by atoms with Gasteiger partial charge in [0.05, 0.1) is 0 Å². The van der Waals surface area contributed by atoms with E-state index in [0.717, 1.165) is 11.0 Å². The number of carbonyl (C=O) groups is 5. The highest BCUT2D eigenvalue weighted by Crippen LogP contribution is 2.21. The lowest BCUT2D eigenvalue weighted by molar-refractivity contribution is -0.160. The van der Waals surface area contributed by atoms with Crippen LogP contribution in [0.5, 0.6) is 0 Å². The van der Waals surface area contributed by atoms with Gasteiger partial charge < -0.3 is 19.5 Å². The minimum absolute atomic E-state index is 0.0505. The van der Waals surface area contributed by atoms with Crippen LogP contribution in [0, 0.1) is 0 Å². The van der Waals surface area contributed by atoms with Crippen molar-refractivity contribution in [3.05, 3.63) is 11.6 Å². The number of imide groups is 1. The zero-order chi connectivity index (χ0) is 25.1. The smallest absolute Gasteiger partial charge is 0.408 e. The fourth-order valence-corrected chi connectivity index (χ4v) is 2.60. The van der Waals surface area contributed by atoms with Crippen LogP contribution in [0.25, 0.3) is 0 Å². The van der Waals surface area contributed by atoms with E-state index in [1.807, 2.05) is 0 Å². The zero-order valence-electron chi connectivity index (χ0n) is 20.3. The normalized spacial score (nSPS) is 15.8. The van der Waals surface area contributed by atoms with Gasteiger partial charge in [0, 0.05) is 18.1 Å². The Kier molecular flexibility index (Phi) is 8.23. The van der Waals surface area contributed by atoms with E-state index in [0.29, 0.717) is 0 Å². The largest absolute Gasteiger partial charge is 0.459 e. The molecule has 1 aliphatic heterocycles. The molecule has 0 aromatic carbocycles. The SMILES string of the molecule is CC(C)(C)OC(=O)CN1C(=O)C=C(CC(NC(=O)OC(C)(C)C)C(=O)OC(C)(C)C)C1=O. The van der Waals surface area contributed by atoms with Crippen LogP contribution in [-0.4, -0.2) is 64.1 Å². The predicted molar refractivity (Wildman–Crippen MR) is 114 cm³/mol. The van der Waals surface area contributed by atoms with E-state index in [9.17, 15) is 24.0 Å². The third kappa shape index (κ3) is 9.49. The topological polar surface area (TPSA) is 128 Å². The van der Waals surface area contributed by atoms with E-state index in [2.05, 4.69) is 5.32 Å². The summed E-state index contributed by atoms with van der Waals surface area (Å²) in [5.41, 5.74) is -2.49. The lowest BCUT2D eigenvalue weighted by Gasteiger charge is -2.26. The molecule has 0 aromatic heterocycles. The highest BCUT2D eigenvalue weighted by atomic mass is 16.6. The number of nitrogens with zero attached hydrogens (tertiary/aromatic N) is 1. The summed E-state index contributed by atoms with van der Waals surface area (Å²) >= 11 is 0. The van der Waals surface area contributed by atoms with Gasteiger partial charge in [-0.2, -0.15) is 0 Å². The second kappa shape index (κ2) is 9.70. The summed E-state index contributed by atoms with van der Waals surface area (Å²) < 4.78 is 15.7. The van der Waals surface area contributed by atoms with Crippen molar-refractivity contribution in [3.8, 4) is 0 Å². The van der Waals surface area contributed by atoms with Crippen molar-refractivity contribution in [3.63, 3.8) is 0 Å². The first-order chi connectivity index (χ1) is 14.3. The Balaban J connectivity index is 2.98. The molecular weight excluding hydrogens is 420 g/mol. The van der Waals surface area contributed by atoms with Crippen molar-refractivity contribution in [2.45, 2.75) is 91.6 Å². The van der Waals surface area contributed by atoms with Crippen LogP contribution in [0.2, 0.25) is 0 Å². The average Bonchev–Trinajstić information content (AvgIpc) is 2.76. The molecule has 10 nitrogen and oxygen atoms in total. The fraction of sp³-hybridized carbons (Fsp3) is 0.682. The summed E-state index contributed by atoms with van der Waals surface area (Å²) in [7, 11) is 0. The number of nitrogens with one attached hydrogen (secondary N) is 1. The summed E-state index contributed by atoms with van der Waals surface area (Å²) in [6, 6.07) is -1.28. The number of hydrogen-bond donors (Lipinski definition) is 1. The van der Waals surface area contributed by atoms with Crippen molar-refractivity contribution in [1.29, 1.82) is 0 Å². The number of rotatable bonds is 6. The van der Waals surface area contributed by atoms with E-state index < -0.39 is 59.2 Å². The number of hydrogen-bond acceptors (Lipinski definition) is 8. The lowest BCUT2D eigenvalue weighted by Crippen LogP contribution is -2.46. The molecule has 0 saturated carbocycles. The van der Waals surface area contributed by atoms with Crippen molar-refractivity contribution in [2.24, 2.45) is 0 Å². The van der Waals surface area contributed by atoms with Gasteiger partial charge in [-0.1, -0.05) is 0 Å². The molecule has 1 heterocycles. The number of esters is 2. The molecule has 1 aliphatic rings. The maximum atomic E-state index is 12.7. The van der Waals surface area contributed by atoms with Crippen LogP contribution in [0.3, 0.4) is 0 Å². The Morgan fingerprint density at radius 3 is 1.84 bits per heavy atom. The van der Waals surface area contributed by atoms with Crippen molar-refractivity contribution < 1.29 is 38.2 Å². The van der Waals surface area contributed by atoms with Gasteiger partial charge in [-0.05, 0) is 62.3 Å². The molecule has 0 aromatic rings. The molecule has 0 saturated heterocycles. The van der Waals surface area contributed by atoms with Crippen LogP contribution in [0.1, 0.15) is 68.7 Å². The molecular formula is C22H34N2O8. The third-order valence-electron chi connectivity index (χ3n) is 3.60. The Labute approximate surface area is 188 Å². The van der Waals surface area contributed by atoms with Crippen LogP contribution in [0.15, 0.2) is 11.6 Å². The first-order valence-electron chi connectivity index (χ1n) is 10.3. The van der Waals surface area contributed by atoms with Crippen molar-refractivity contribution in [1.82, 2.24) is 10.2 Å². The number of carbonyl (C=O) groups excluding carboxylic acids is 5. The Bertz CT molecular complexity index is 809. The molecule has 0 spiro atoms. The summed E-state index contributed by atoms with van der Waals surface area (Å²) in [5, 5.41) is 2.39. The standard InChI is InChI=1S/C22H34N2O8/c1-20(2,3)30-16(26)12-24-15(25)11-13(17(24)27)10-14(18(28)31-21(4,5)6)23-19(29)32-22(7,8)9/h11,14H,10,12H2,1-9H3,(H,23,29). The molecule has 1 unspecified atom stereocenters. The van der Waals surface area contributed by atoms with Crippen molar-refractivity contribution in [2.75, 3.05) is 6.54 Å². The second-order valence-electron chi connectivity index (χ2n) is 10.4.